The van der Waals surface area contributed by atoms with E-state index < -0.39 is 0 Å². The molecule has 116 valence electrons. The zero-order valence-corrected chi connectivity index (χ0v) is 13.3. The Labute approximate surface area is 134 Å². The van der Waals surface area contributed by atoms with Gasteiger partial charge in [0.25, 0.3) is 5.91 Å². The van der Waals surface area contributed by atoms with E-state index in [4.69, 9.17) is 17.3 Å². The minimum Gasteiger partial charge on any atom is -0.334 e. The van der Waals surface area contributed by atoms with Crippen molar-refractivity contribution >= 4 is 17.5 Å². The molecule has 1 unspecified atom stereocenters. The first-order chi connectivity index (χ1) is 10.6. The number of amides is 1. The number of halogens is 1. The molecule has 2 aromatic rings. The normalized spacial score (nSPS) is 18.0. The quantitative estimate of drug-likeness (QED) is 0.945. The summed E-state index contributed by atoms with van der Waals surface area (Å²) in [7, 11) is 0. The van der Waals surface area contributed by atoms with Crippen LogP contribution in [0.25, 0.3) is 5.69 Å². The van der Waals surface area contributed by atoms with Crippen molar-refractivity contribution < 1.29 is 4.79 Å². The van der Waals surface area contributed by atoms with Crippen molar-refractivity contribution in [2.45, 2.75) is 25.8 Å². The average Bonchev–Trinajstić information content (AvgIpc) is 3.13. The molecule has 0 saturated carbocycles. The summed E-state index contributed by atoms with van der Waals surface area (Å²) in [6, 6.07) is 7.51. The Morgan fingerprint density at radius 2 is 2.14 bits per heavy atom. The summed E-state index contributed by atoms with van der Waals surface area (Å²) < 4.78 is 1.71. The van der Waals surface area contributed by atoms with E-state index in [9.17, 15) is 4.79 Å². The minimum absolute atomic E-state index is 0.0191. The number of likely N-dealkylation sites (tertiary alicyclic amines) is 1. The molecule has 1 atom stereocenters. The fourth-order valence-electron chi connectivity index (χ4n) is 2.90. The van der Waals surface area contributed by atoms with Crippen molar-refractivity contribution in [1.29, 1.82) is 0 Å². The minimum atomic E-state index is 0.0191. The summed E-state index contributed by atoms with van der Waals surface area (Å²) >= 11 is 5.90. The molecule has 0 aliphatic carbocycles. The molecule has 22 heavy (non-hydrogen) atoms. The second-order valence-electron chi connectivity index (χ2n) is 5.58. The topological polar surface area (TPSA) is 64.2 Å². The highest BCUT2D eigenvalue weighted by Crippen LogP contribution is 2.22. The molecular weight excluding hydrogens is 300 g/mol. The summed E-state index contributed by atoms with van der Waals surface area (Å²) in [6.07, 6.45) is 3.78. The molecular formula is C16H19ClN4O. The molecule has 0 spiro atoms. The van der Waals surface area contributed by atoms with Crippen molar-refractivity contribution in [2.75, 3.05) is 13.1 Å². The Kier molecular flexibility index (Phi) is 4.18. The van der Waals surface area contributed by atoms with Gasteiger partial charge in [0.15, 0.2) is 0 Å². The van der Waals surface area contributed by atoms with Crippen LogP contribution in [0.2, 0.25) is 5.02 Å². The highest BCUT2D eigenvalue weighted by Gasteiger charge is 2.30. The van der Waals surface area contributed by atoms with Gasteiger partial charge < -0.3 is 10.6 Å². The Balaban J connectivity index is 1.89. The monoisotopic (exact) mass is 318 g/mol. The van der Waals surface area contributed by atoms with E-state index >= 15 is 0 Å². The molecule has 3 rings (SSSR count). The molecule has 6 heteroatoms. The van der Waals surface area contributed by atoms with Crippen LogP contribution in [0.5, 0.6) is 0 Å². The lowest BCUT2D eigenvalue weighted by Crippen LogP contribution is -2.40. The fraction of sp³-hybridized carbons (Fsp3) is 0.375. The van der Waals surface area contributed by atoms with Crippen LogP contribution in [-0.4, -0.2) is 39.7 Å². The third-order valence-corrected chi connectivity index (χ3v) is 4.38. The summed E-state index contributed by atoms with van der Waals surface area (Å²) in [5, 5.41) is 5.12. The number of aromatic nitrogens is 2. The molecule has 1 aromatic carbocycles. The lowest BCUT2D eigenvalue weighted by molar-refractivity contribution is 0.0740. The van der Waals surface area contributed by atoms with E-state index in [0.717, 1.165) is 30.8 Å². The maximum absolute atomic E-state index is 12.7. The molecule has 2 N–H and O–H groups in total. The Morgan fingerprint density at radius 1 is 1.41 bits per heavy atom. The molecule has 5 nitrogen and oxygen atoms in total. The molecule has 1 aliphatic rings. The maximum atomic E-state index is 12.7. The average molecular weight is 319 g/mol. The van der Waals surface area contributed by atoms with Crippen LogP contribution in [0.4, 0.5) is 0 Å². The van der Waals surface area contributed by atoms with Crippen molar-refractivity contribution in [2.24, 2.45) is 5.73 Å². The third-order valence-electron chi connectivity index (χ3n) is 4.13. The standard InChI is InChI=1S/C16H19ClN4O/c1-11-15(16(22)20-8-2-3-14(20)9-18)10-21(19-11)13-6-4-12(17)5-7-13/h4-7,10,14H,2-3,8-9,18H2,1H3. The maximum Gasteiger partial charge on any atom is 0.257 e. The number of rotatable bonds is 3. The number of carbonyl (C=O) groups is 1. The Bertz CT molecular complexity index is 680. The van der Waals surface area contributed by atoms with Gasteiger partial charge in [-0.1, -0.05) is 11.6 Å². The highest BCUT2D eigenvalue weighted by atomic mass is 35.5. The van der Waals surface area contributed by atoms with Gasteiger partial charge in [-0.3, -0.25) is 4.79 Å². The molecule has 1 aromatic heterocycles. The Hall–Kier alpha value is -1.85. The van der Waals surface area contributed by atoms with Crippen molar-refractivity contribution in [1.82, 2.24) is 14.7 Å². The van der Waals surface area contributed by atoms with Crippen LogP contribution in [0, 0.1) is 6.92 Å². The van der Waals surface area contributed by atoms with E-state index in [1.54, 1.807) is 23.0 Å². The molecule has 2 heterocycles. The van der Waals surface area contributed by atoms with Crippen LogP contribution in [-0.2, 0) is 0 Å². The first-order valence-corrected chi connectivity index (χ1v) is 7.81. The van der Waals surface area contributed by atoms with E-state index in [0.29, 0.717) is 17.1 Å². The summed E-state index contributed by atoms with van der Waals surface area (Å²) in [5.74, 6) is 0.0191. The van der Waals surface area contributed by atoms with E-state index in [-0.39, 0.29) is 11.9 Å². The number of benzene rings is 1. The molecule has 0 radical (unpaired) electrons. The van der Waals surface area contributed by atoms with Crippen LogP contribution in [0.15, 0.2) is 30.5 Å². The molecule has 1 saturated heterocycles. The Morgan fingerprint density at radius 3 is 2.82 bits per heavy atom. The zero-order chi connectivity index (χ0) is 15.7. The van der Waals surface area contributed by atoms with Gasteiger partial charge in [-0.25, -0.2) is 4.68 Å². The van der Waals surface area contributed by atoms with Crippen LogP contribution < -0.4 is 5.73 Å². The molecule has 1 fully saturated rings. The van der Waals surface area contributed by atoms with Gasteiger partial charge >= 0.3 is 0 Å². The van der Waals surface area contributed by atoms with Crippen molar-refractivity contribution in [3.05, 3.63) is 46.7 Å². The van der Waals surface area contributed by atoms with Crippen LogP contribution in [0.3, 0.4) is 0 Å². The van der Waals surface area contributed by atoms with Crippen molar-refractivity contribution in [3.63, 3.8) is 0 Å². The second-order valence-corrected chi connectivity index (χ2v) is 6.02. The SMILES string of the molecule is Cc1nn(-c2ccc(Cl)cc2)cc1C(=O)N1CCCC1CN. The number of nitrogens with zero attached hydrogens (tertiary/aromatic N) is 3. The third kappa shape index (κ3) is 2.74. The number of aryl methyl sites for hydroxylation is 1. The zero-order valence-electron chi connectivity index (χ0n) is 12.5. The lowest BCUT2D eigenvalue weighted by atomic mass is 10.2. The van der Waals surface area contributed by atoms with Crippen LogP contribution >= 0.6 is 11.6 Å². The number of hydrogen-bond donors (Lipinski definition) is 1. The first kappa shape index (κ1) is 15.1. The van der Waals surface area contributed by atoms with Gasteiger partial charge in [-0.05, 0) is 44.0 Å². The van der Waals surface area contributed by atoms with Gasteiger partial charge in [0.1, 0.15) is 0 Å². The second kappa shape index (κ2) is 6.10. The lowest BCUT2D eigenvalue weighted by Gasteiger charge is -2.23. The summed E-state index contributed by atoms with van der Waals surface area (Å²) in [5.41, 5.74) is 8.00. The van der Waals surface area contributed by atoms with Crippen LogP contribution in [0.1, 0.15) is 28.9 Å². The van der Waals surface area contributed by atoms with E-state index in [2.05, 4.69) is 5.10 Å². The van der Waals surface area contributed by atoms with Gasteiger partial charge in [0.05, 0.1) is 16.9 Å². The fourth-order valence-corrected chi connectivity index (χ4v) is 3.02. The molecule has 1 amide bonds. The highest BCUT2D eigenvalue weighted by molar-refractivity contribution is 6.30. The van der Waals surface area contributed by atoms with E-state index in [1.165, 1.54) is 0 Å². The van der Waals surface area contributed by atoms with Gasteiger partial charge in [-0.2, -0.15) is 5.10 Å². The molecule has 0 bridgehead atoms. The van der Waals surface area contributed by atoms with Crippen molar-refractivity contribution in [3.8, 4) is 5.69 Å². The van der Waals surface area contributed by atoms with Gasteiger partial charge in [0.2, 0.25) is 0 Å². The number of nitrogens with two attached hydrogens (primary N) is 1. The number of hydrogen-bond acceptors (Lipinski definition) is 3. The smallest absolute Gasteiger partial charge is 0.257 e. The predicted molar refractivity (Wildman–Crippen MR) is 86.4 cm³/mol. The summed E-state index contributed by atoms with van der Waals surface area (Å²) in [6.45, 7) is 3.13. The predicted octanol–water partition coefficient (Wildman–Crippen LogP) is 2.40. The van der Waals surface area contributed by atoms with Gasteiger partial charge in [-0.15, -0.1) is 0 Å². The van der Waals surface area contributed by atoms with E-state index in [1.807, 2.05) is 24.0 Å². The first-order valence-electron chi connectivity index (χ1n) is 7.43. The molecule has 1 aliphatic heterocycles. The summed E-state index contributed by atoms with van der Waals surface area (Å²) in [4.78, 5) is 14.6. The van der Waals surface area contributed by atoms with Gasteiger partial charge in [0, 0.05) is 30.4 Å². The largest absolute Gasteiger partial charge is 0.334 e. The number of carbonyl (C=O) groups excluding carboxylic acids is 1.